The SMILES string of the molecule is O.O=S(=O)([O-])c1ccc(-c2c3nc(c(-c4ccc(S(=O)(=O)[O-])cc4)c4ccc([nH]4)c(-c4ccc(S(=O)(=O)[O-])cc4)c4nc(c(-c5ccc(S(=O)(=O)[O-])cc5)c5ccc2[nH]5)C=C4)C=C3)cc1.[Na+].[Na+].[Na+].[Na+]. The molecule has 0 spiro atoms. The average Bonchev–Trinajstić information content (AvgIpc) is 4.08. The normalized spacial score (nSPS) is 12.1. The van der Waals surface area contributed by atoms with Crippen LogP contribution in [0.15, 0.2) is 141 Å². The molecule has 9 rings (SSSR count). The number of nitrogens with zero attached hydrogens (tertiary/aromatic N) is 2. The minimum atomic E-state index is -4.81. The molecular weight excluding hydrogens is 1010 g/mol. The molecule has 0 saturated heterocycles. The van der Waals surface area contributed by atoms with Crippen LogP contribution in [-0.4, -0.2) is 77.3 Å². The second kappa shape index (κ2) is 22.5. The summed E-state index contributed by atoms with van der Waals surface area (Å²) in [7, 11) is -19.2. The van der Waals surface area contributed by atoms with Crippen molar-refractivity contribution in [1.29, 1.82) is 0 Å². The predicted molar refractivity (Wildman–Crippen MR) is 236 cm³/mol. The van der Waals surface area contributed by atoms with Crippen LogP contribution in [0.3, 0.4) is 0 Å². The van der Waals surface area contributed by atoms with Gasteiger partial charge in [0.2, 0.25) is 0 Å². The van der Waals surface area contributed by atoms with Crippen molar-refractivity contribution in [2.45, 2.75) is 19.6 Å². The molecule has 5 heterocycles. The number of rotatable bonds is 8. The summed E-state index contributed by atoms with van der Waals surface area (Å²) in [5.41, 5.74) is 6.76. The third kappa shape index (κ3) is 12.3. The monoisotopic (exact) mass is 1040 g/mol. The van der Waals surface area contributed by atoms with Gasteiger partial charge in [0.25, 0.3) is 0 Å². The smallest absolute Gasteiger partial charge is 0.744 e. The van der Waals surface area contributed by atoms with Crippen molar-refractivity contribution < 1.29 is 176 Å². The van der Waals surface area contributed by atoms with Crippen molar-refractivity contribution in [3.05, 3.63) is 144 Å². The molecule has 69 heavy (non-hydrogen) atoms. The zero-order valence-electron chi connectivity index (χ0n) is 36.8. The Morgan fingerprint density at radius 2 is 0.478 bits per heavy atom. The second-order valence-corrected chi connectivity index (χ2v) is 19.9. The number of fused-ring (bicyclic) bond motifs is 8. The van der Waals surface area contributed by atoms with Gasteiger partial charge in [-0.1, -0.05) is 48.5 Å². The Kier molecular flexibility index (Phi) is 19.1. The van der Waals surface area contributed by atoms with Crippen LogP contribution in [0.2, 0.25) is 0 Å². The summed E-state index contributed by atoms with van der Waals surface area (Å²) in [4.78, 5) is 15.0. The molecule has 4 N–H and O–H groups in total. The van der Waals surface area contributed by atoms with Gasteiger partial charge in [0.1, 0.15) is 40.5 Å². The first kappa shape index (κ1) is 58.6. The van der Waals surface area contributed by atoms with Crippen LogP contribution >= 0.6 is 0 Å². The molecule has 0 saturated carbocycles. The molecule has 0 atom stereocenters. The summed E-state index contributed by atoms with van der Waals surface area (Å²) in [5, 5.41) is 0. The van der Waals surface area contributed by atoms with E-state index in [2.05, 4.69) is 9.97 Å². The van der Waals surface area contributed by atoms with Gasteiger partial charge in [-0.25, -0.2) is 43.6 Å². The van der Waals surface area contributed by atoms with Gasteiger partial charge in [0.05, 0.1) is 42.4 Å². The molecular formula is C44H28N4Na4O13S4. The molecule has 0 aliphatic carbocycles. The fourth-order valence-corrected chi connectivity index (χ4v) is 9.45. The van der Waals surface area contributed by atoms with Gasteiger partial charge in [0.15, 0.2) is 0 Å². The van der Waals surface area contributed by atoms with Crippen molar-refractivity contribution in [2.75, 3.05) is 0 Å². The van der Waals surface area contributed by atoms with Crippen molar-refractivity contribution in [3.63, 3.8) is 0 Å². The Hall–Kier alpha value is -2.92. The van der Waals surface area contributed by atoms with Gasteiger partial charge in [-0.15, -0.1) is 0 Å². The van der Waals surface area contributed by atoms with Crippen molar-refractivity contribution in [1.82, 2.24) is 19.9 Å². The van der Waals surface area contributed by atoms with E-state index < -0.39 is 60.1 Å². The molecule has 4 aromatic carbocycles. The van der Waals surface area contributed by atoms with Crippen LogP contribution in [0, 0.1) is 0 Å². The summed E-state index contributed by atoms with van der Waals surface area (Å²) in [6.07, 6.45) is 6.79. The van der Waals surface area contributed by atoms with Gasteiger partial charge < -0.3 is 33.7 Å². The number of aromatic amines is 2. The predicted octanol–water partition coefficient (Wildman–Crippen LogP) is -5.87. The molecule has 330 valence electrons. The first-order valence-corrected chi connectivity index (χ1v) is 24.3. The van der Waals surface area contributed by atoms with E-state index in [1.807, 2.05) is 0 Å². The van der Waals surface area contributed by atoms with E-state index in [0.717, 1.165) is 0 Å². The Morgan fingerprint density at radius 1 is 0.304 bits per heavy atom. The molecule has 0 unspecified atom stereocenters. The van der Waals surface area contributed by atoms with Crippen molar-refractivity contribution in [2.24, 2.45) is 0 Å². The van der Waals surface area contributed by atoms with Gasteiger partial charge >= 0.3 is 118 Å². The van der Waals surface area contributed by atoms with Crippen LogP contribution < -0.4 is 118 Å². The molecule has 8 bridgehead atoms. The van der Waals surface area contributed by atoms with E-state index in [1.165, 1.54) is 97.1 Å². The average molecular weight is 1040 g/mol. The first-order chi connectivity index (χ1) is 30.2. The van der Waals surface area contributed by atoms with Crippen LogP contribution in [0.4, 0.5) is 0 Å². The maximum absolute atomic E-state index is 11.9. The molecule has 2 aliphatic heterocycles. The summed E-state index contributed by atoms with van der Waals surface area (Å²) in [6, 6.07) is 27.8. The number of H-pyrrole nitrogens is 2. The Bertz CT molecular complexity index is 3320. The Balaban J connectivity index is 0.00000207. The van der Waals surface area contributed by atoms with E-state index >= 15 is 0 Å². The van der Waals surface area contributed by atoms with E-state index in [0.29, 0.717) is 89.4 Å². The van der Waals surface area contributed by atoms with Gasteiger partial charge in [-0.05, 0) is 119 Å². The largest absolute Gasteiger partial charge is 1.00 e. The van der Waals surface area contributed by atoms with Gasteiger partial charge in [-0.2, -0.15) is 0 Å². The molecule has 25 heteroatoms. The molecule has 0 radical (unpaired) electrons. The number of nitrogens with one attached hydrogen (secondary N) is 2. The number of hydrogen-bond donors (Lipinski definition) is 2. The van der Waals surface area contributed by atoms with Gasteiger partial charge in [-0.3, -0.25) is 0 Å². The second-order valence-electron chi connectivity index (χ2n) is 14.4. The van der Waals surface area contributed by atoms with Crippen molar-refractivity contribution in [3.8, 4) is 44.5 Å². The molecule has 0 amide bonds. The zero-order valence-corrected chi connectivity index (χ0v) is 48.0. The fraction of sp³-hybridized carbons (Fsp3) is 0. The number of aromatic nitrogens is 4. The van der Waals surface area contributed by atoms with Crippen molar-refractivity contribution >= 4 is 86.8 Å². The van der Waals surface area contributed by atoms with E-state index in [4.69, 9.17) is 9.97 Å². The molecule has 3 aromatic heterocycles. The maximum atomic E-state index is 11.9. The van der Waals surface area contributed by atoms with E-state index in [-0.39, 0.29) is 124 Å². The molecule has 17 nitrogen and oxygen atoms in total. The zero-order chi connectivity index (χ0) is 45.3. The van der Waals surface area contributed by atoms with E-state index in [9.17, 15) is 51.9 Å². The molecule has 2 aliphatic rings. The Labute approximate surface area is 484 Å². The summed E-state index contributed by atoms with van der Waals surface area (Å²) in [5.74, 6) is 0. The summed E-state index contributed by atoms with van der Waals surface area (Å²) in [6.45, 7) is 0. The Morgan fingerprint density at radius 3 is 0.638 bits per heavy atom. The van der Waals surface area contributed by atoms with Crippen LogP contribution in [0.5, 0.6) is 0 Å². The van der Waals surface area contributed by atoms with E-state index in [1.54, 1.807) is 48.6 Å². The summed E-state index contributed by atoms with van der Waals surface area (Å²) >= 11 is 0. The number of benzene rings is 4. The quantitative estimate of drug-likeness (QED) is 0.106. The van der Waals surface area contributed by atoms with Crippen LogP contribution in [-0.2, 0) is 40.5 Å². The fourth-order valence-electron chi connectivity index (χ4n) is 7.57. The first-order valence-electron chi connectivity index (χ1n) is 18.6. The standard InChI is InChI=1S/C44H30N4O12S4.4Na.H2O/c49-61(50,51)29-9-1-25(2-10-29)41-33-17-19-35(45-33)42(26-3-11-30(12-4-26)62(52,53)54)37-21-23-39(47-37)44(28-7-15-32(16-8-28)64(58,59)60)40-24-22-38(48-40)43(36-20-18-34(41)46-36)27-5-13-31(14-6-27)63(55,56)57;;;;;/h1-24,45,48H,(H,49,50,51)(H,52,53,54)(H,55,56,57)(H,58,59,60);;;;;1H2/q;4*+1;/p-4. The third-order valence-corrected chi connectivity index (χ3v) is 13.9. The topological polar surface area (TPSA) is 318 Å². The summed E-state index contributed by atoms with van der Waals surface area (Å²) < 4.78 is 143. The van der Waals surface area contributed by atoms with Crippen LogP contribution in [0.1, 0.15) is 22.8 Å². The number of hydrogen-bond acceptors (Lipinski definition) is 14. The maximum Gasteiger partial charge on any atom is 1.00 e. The molecule has 7 aromatic rings. The molecule has 0 fully saturated rings. The third-order valence-electron chi connectivity index (χ3n) is 10.5. The minimum absolute atomic E-state index is 0. The minimum Gasteiger partial charge on any atom is -0.744 e. The van der Waals surface area contributed by atoms with Crippen LogP contribution in [0.25, 0.3) is 90.9 Å². The van der Waals surface area contributed by atoms with Gasteiger partial charge in [0, 0.05) is 44.3 Å².